The number of rotatable bonds is 3. The molecule has 0 bridgehead atoms. The second kappa shape index (κ2) is 12.1. The van der Waals surface area contributed by atoms with Crippen molar-refractivity contribution in [2.45, 2.75) is 0 Å². The molecule has 0 unspecified atom stereocenters. The van der Waals surface area contributed by atoms with Gasteiger partial charge in [0.05, 0.1) is 0 Å². The van der Waals surface area contributed by atoms with Crippen molar-refractivity contribution in [3.8, 4) is 33.4 Å². The van der Waals surface area contributed by atoms with Gasteiger partial charge in [-0.25, -0.2) is 0 Å². The third kappa shape index (κ3) is 4.41. The van der Waals surface area contributed by atoms with Crippen molar-refractivity contribution in [1.82, 2.24) is 0 Å². The van der Waals surface area contributed by atoms with E-state index in [0.29, 0.717) is 0 Å². The summed E-state index contributed by atoms with van der Waals surface area (Å²) in [7, 11) is 0. The summed E-state index contributed by atoms with van der Waals surface area (Å²) in [6.45, 7) is 0. The topological polar surface area (TPSA) is 13.1 Å². The van der Waals surface area contributed by atoms with Crippen molar-refractivity contribution < 1.29 is 4.42 Å². The fraction of sp³-hybridized carbons (Fsp3) is 0. The van der Waals surface area contributed by atoms with Gasteiger partial charge < -0.3 is 4.42 Å². The summed E-state index contributed by atoms with van der Waals surface area (Å²) in [5.74, 6) is 0. The molecule has 0 aliphatic rings. The number of furan rings is 1. The Kier molecular flexibility index (Phi) is 6.66. The zero-order valence-corrected chi connectivity index (χ0v) is 32.1. The van der Waals surface area contributed by atoms with Crippen LogP contribution in [0.15, 0.2) is 199 Å². The van der Waals surface area contributed by atoms with E-state index in [4.69, 9.17) is 4.42 Å². The van der Waals surface area contributed by atoms with Crippen LogP contribution in [0.4, 0.5) is 0 Å². The van der Waals surface area contributed by atoms with Crippen molar-refractivity contribution in [2.75, 3.05) is 0 Å². The molecule has 2 heterocycles. The molecule has 0 radical (unpaired) electrons. The maximum atomic E-state index is 7.04. The number of hydrogen-bond acceptors (Lipinski definition) is 2. The van der Waals surface area contributed by atoms with Gasteiger partial charge >= 0.3 is 0 Å². The van der Waals surface area contributed by atoms with Gasteiger partial charge in [-0.2, -0.15) is 0 Å². The molecule has 0 aliphatic carbocycles. The molecule has 0 atom stereocenters. The summed E-state index contributed by atoms with van der Waals surface area (Å²) < 4.78 is 9.60. The zero-order valence-electron chi connectivity index (χ0n) is 31.3. The van der Waals surface area contributed by atoms with Gasteiger partial charge in [0, 0.05) is 36.5 Å². The molecule has 2 aromatic heterocycles. The maximum Gasteiger partial charge on any atom is 0.144 e. The van der Waals surface area contributed by atoms with Crippen molar-refractivity contribution in [3.63, 3.8) is 0 Å². The fourth-order valence-corrected chi connectivity index (χ4v) is 11.2. The Morgan fingerprint density at radius 1 is 0.293 bits per heavy atom. The van der Waals surface area contributed by atoms with Crippen LogP contribution in [-0.2, 0) is 0 Å². The Bertz CT molecular complexity index is 3800. The van der Waals surface area contributed by atoms with Crippen LogP contribution in [0.5, 0.6) is 0 Å². The Labute approximate surface area is 337 Å². The monoisotopic (exact) mass is 752 g/mol. The van der Waals surface area contributed by atoms with Gasteiger partial charge in [-0.1, -0.05) is 176 Å². The summed E-state index contributed by atoms with van der Waals surface area (Å²) in [4.78, 5) is 0. The molecule has 11 aromatic carbocycles. The highest BCUT2D eigenvalue weighted by atomic mass is 32.1. The zero-order chi connectivity index (χ0) is 37.9. The normalized spacial score (nSPS) is 12.1. The third-order valence-electron chi connectivity index (χ3n) is 12.4. The predicted molar refractivity (Wildman–Crippen MR) is 250 cm³/mol. The van der Waals surface area contributed by atoms with Gasteiger partial charge in [-0.05, 0) is 99.9 Å². The SMILES string of the molecule is c1ccc2c(-c3c4ccccc4c(-c4ccc(-c5c6oc7ccc8ccccc8c7c6cc6sc7ccccc7c56)c5ccccc45)c4ccccc34)cccc2c1. The van der Waals surface area contributed by atoms with Gasteiger partial charge in [0.1, 0.15) is 11.2 Å². The lowest BCUT2D eigenvalue weighted by molar-refractivity contribution is 0.671. The van der Waals surface area contributed by atoms with Gasteiger partial charge in [0.2, 0.25) is 0 Å². The first-order valence-corrected chi connectivity index (χ1v) is 20.7. The molecule has 268 valence electrons. The van der Waals surface area contributed by atoms with Crippen LogP contribution in [0, 0.1) is 0 Å². The molecular formula is C56H32OS. The van der Waals surface area contributed by atoms with E-state index in [0.717, 1.165) is 22.1 Å². The number of benzene rings is 11. The summed E-state index contributed by atoms with van der Waals surface area (Å²) in [5, 5.41) is 17.3. The van der Waals surface area contributed by atoms with Crippen LogP contribution < -0.4 is 0 Å². The minimum absolute atomic E-state index is 0.919. The number of hydrogen-bond donors (Lipinski definition) is 0. The molecule has 13 aromatic rings. The van der Waals surface area contributed by atoms with Crippen LogP contribution in [0.25, 0.3) is 129 Å². The first-order chi connectivity index (χ1) is 28.8. The molecule has 0 fully saturated rings. The van der Waals surface area contributed by atoms with E-state index >= 15 is 0 Å². The predicted octanol–water partition coefficient (Wildman–Crippen LogP) is 16.7. The molecule has 0 N–H and O–H groups in total. The molecule has 0 spiro atoms. The smallest absolute Gasteiger partial charge is 0.144 e. The summed E-state index contributed by atoms with van der Waals surface area (Å²) >= 11 is 1.87. The van der Waals surface area contributed by atoms with E-state index in [1.54, 1.807) is 0 Å². The van der Waals surface area contributed by atoms with Crippen LogP contribution in [0.1, 0.15) is 0 Å². The molecule has 13 rings (SSSR count). The quantitative estimate of drug-likeness (QED) is 0.164. The van der Waals surface area contributed by atoms with E-state index in [1.165, 1.54) is 107 Å². The van der Waals surface area contributed by atoms with Crippen molar-refractivity contribution in [1.29, 1.82) is 0 Å². The van der Waals surface area contributed by atoms with Crippen LogP contribution >= 0.6 is 11.3 Å². The van der Waals surface area contributed by atoms with Gasteiger partial charge in [-0.15, -0.1) is 11.3 Å². The molecule has 1 nitrogen and oxygen atoms in total. The van der Waals surface area contributed by atoms with E-state index in [9.17, 15) is 0 Å². The standard InChI is InChI=1S/C56H32OS/c1-3-17-35-33(14-1)16-13-26-39(35)51-40-21-7-9-23-42(40)52(43-24-10-8-22-41(43)51)44-29-30-45(38-20-6-5-19-37(38)44)55-54-46-25-11-12-27-49(46)58-50(54)32-47-53-36-18-4-2-15-34(36)28-31-48(53)57-56(47)55/h1-32H. The largest absolute Gasteiger partial charge is 0.455 e. The summed E-state index contributed by atoms with van der Waals surface area (Å²) in [6.07, 6.45) is 0. The highest BCUT2D eigenvalue weighted by Gasteiger charge is 2.24. The molecule has 58 heavy (non-hydrogen) atoms. The maximum absolute atomic E-state index is 7.04. The molecular weight excluding hydrogens is 721 g/mol. The van der Waals surface area contributed by atoms with E-state index in [1.807, 2.05) is 11.3 Å². The number of thiophene rings is 1. The molecule has 0 amide bonds. The third-order valence-corrected chi connectivity index (χ3v) is 13.6. The van der Waals surface area contributed by atoms with E-state index < -0.39 is 0 Å². The fourth-order valence-electron chi connectivity index (χ4n) is 10.0. The highest BCUT2D eigenvalue weighted by Crippen LogP contribution is 2.52. The molecule has 0 saturated carbocycles. The van der Waals surface area contributed by atoms with Gasteiger partial charge in [-0.3, -0.25) is 0 Å². The summed E-state index contributed by atoms with van der Waals surface area (Å²) in [5.41, 5.74) is 9.23. The van der Waals surface area contributed by atoms with Crippen LogP contribution in [-0.4, -0.2) is 0 Å². The Balaban J connectivity index is 1.15. The average molecular weight is 753 g/mol. The first kappa shape index (κ1) is 31.9. The number of fused-ring (bicyclic) bond motifs is 12. The van der Waals surface area contributed by atoms with Gasteiger partial charge in [0.15, 0.2) is 0 Å². The van der Waals surface area contributed by atoms with Crippen LogP contribution in [0.2, 0.25) is 0 Å². The van der Waals surface area contributed by atoms with Crippen LogP contribution in [0.3, 0.4) is 0 Å². The van der Waals surface area contributed by atoms with E-state index in [-0.39, 0.29) is 0 Å². The van der Waals surface area contributed by atoms with Crippen molar-refractivity contribution in [3.05, 3.63) is 194 Å². The Morgan fingerprint density at radius 2 is 0.776 bits per heavy atom. The highest BCUT2D eigenvalue weighted by molar-refractivity contribution is 7.26. The average Bonchev–Trinajstić information content (AvgIpc) is 3.85. The first-order valence-electron chi connectivity index (χ1n) is 19.9. The second-order valence-corrected chi connectivity index (χ2v) is 16.5. The Morgan fingerprint density at radius 3 is 1.43 bits per heavy atom. The van der Waals surface area contributed by atoms with E-state index in [2.05, 4.69) is 194 Å². The van der Waals surface area contributed by atoms with Crippen molar-refractivity contribution >= 4 is 107 Å². The lowest BCUT2D eigenvalue weighted by atomic mass is 9.82. The lowest BCUT2D eigenvalue weighted by Crippen LogP contribution is -1.93. The summed E-state index contributed by atoms with van der Waals surface area (Å²) in [6, 6.07) is 71.4. The Hall–Kier alpha value is -7.26. The second-order valence-electron chi connectivity index (χ2n) is 15.4. The van der Waals surface area contributed by atoms with Crippen molar-refractivity contribution in [2.24, 2.45) is 0 Å². The molecule has 0 saturated heterocycles. The minimum Gasteiger partial charge on any atom is -0.455 e. The minimum atomic E-state index is 0.919. The molecule has 0 aliphatic heterocycles. The molecule has 2 heteroatoms. The van der Waals surface area contributed by atoms with Gasteiger partial charge in [0.25, 0.3) is 0 Å². The lowest BCUT2D eigenvalue weighted by Gasteiger charge is -2.20.